The Balaban J connectivity index is 2.34. The Morgan fingerprint density at radius 1 is 1.22 bits per heavy atom. The van der Waals surface area contributed by atoms with Gasteiger partial charge < -0.3 is 14.3 Å². The Kier molecular flexibility index (Phi) is 4.44. The number of rotatable bonds is 4. The maximum atomic E-state index is 5.72. The Hall–Kier alpha value is -1.26. The summed E-state index contributed by atoms with van der Waals surface area (Å²) in [6.07, 6.45) is 1.72. The van der Waals surface area contributed by atoms with Gasteiger partial charge in [0.15, 0.2) is 11.5 Å². The van der Waals surface area contributed by atoms with E-state index in [-0.39, 0.29) is 0 Å². The fourth-order valence-corrected chi connectivity index (χ4v) is 2.19. The molecule has 0 spiro atoms. The molecule has 1 aliphatic heterocycles. The molecule has 18 heavy (non-hydrogen) atoms. The highest BCUT2D eigenvalue weighted by atomic mass is 16.6. The minimum absolute atomic E-state index is 0.440. The predicted octanol–water partition coefficient (Wildman–Crippen LogP) is 2.40. The van der Waals surface area contributed by atoms with Gasteiger partial charge in [-0.05, 0) is 35.6 Å². The molecule has 0 saturated heterocycles. The molecule has 0 amide bonds. The van der Waals surface area contributed by atoms with E-state index in [1.165, 1.54) is 11.1 Å². The van der Waals surface area contributed by atoms with Crippen molar-refractivity contribution in [2.45, 2.75) is 32.6 Å². The Bertz CT molecular complexity index is 404. The number of benzene rings is 1. The van der Waals surface area contributed by atoms with E-state index < -0.39 is 0 Å². The first-order valence-corrected chi connectivity index (χ1v) is 6.46. The van der Waals surface area contributed by atoms with Gasteiger partial charge >= 0.3 is 0 Å². The minimum atomic E-state index is 0.440. The molecule has 0 unspecified atom stereocenters. The molecule has 100 valence electrons. The summed E-state index contributed by atoms with van der Waals surface area (Å²) in [6, 6.07) is 4.16. The third-order valence-corrected chi connectivity index (χ3v) is 3.12. The normalized spacial score (nSPS) is 14.7. The van der Waals surface area contributed by atoms with Gasteiger partial charge in [-0.1, -0.05) is 13.8 Å². The summed E-state index contributed by atoms with van der Waals surface area (Å²) < 4.78 is 11.4. The third-order valence-electron chi connectivity index (χ3n) is 3.12. The molecule has 1 aromatic rings. The molecule has 4 heteroatoms. The van der Waals surface area contributed by atoms with Crippen molar-refractivity contribution in [3.63, 3.8) is 0 Å². The molecule has 2 rings (SSSR count). The van der Waals surface area contributed by atoms with E-state index in [4.69, 9.17) is 15.4 Å². The molecule has 0 fully saturated rings. The number of hydrogen-bond acceptors (Lipinski definition) is 4. The van der Waals surface area contributed by atoms with Crippen molar-refractivity contribution in [1.82, 2.24) is 0 Å². The van der Waals surface area contributed by atoms with Crippen LogP contribution in [0.5, 0.6) is 11.5 Å². The maximum absolute atomic E-state index is 5.72. The lowest BCUT2D eigenvalue weighted by Gasteiger charge is -2.16. The standard InChI is InChI=1S/C14H21NO3/c1-10(2)12-9-14-13(16-5-3-6-17-14)8-11(12)4-7-18-15/h8-10H,3-7,15H2,1-2H3. The highest BCUT2D eigenvalue weighted by Gasteiger charge is 2.16. The fraction of sp³-hybridized carbons (Fsp3) is 0.571. The van der Waals surface area contributed by atoms with E-state index in [0.29, 0.717) is 19.1 Å². The number of fused-ring (bicyclic) bond motifs is 1. The van der Waals surface area contributed by atoms with Gasteiger partial charge in [-0.2, -0.15) is 0 Å². The molecule has 2 N–H and O–H groups in total. The van der Waals surface area contributed by atoms with E-state index in [1.54, 1.807) is 0 Å². The zero-order chi connectivity index (χ0) is 13.0. The van der Waals surface area contributed by atoms with Gasteiger partial charge in [0, 0.05) is 6.42 Å². The SMILES string of the molecule is CC(C)c1cc2c(cc1CCON)OCCCO2. The summed E-state index contributed by atoms with van der Waals surface area (Å²) >= 11 is 0. The Morgan fingerprint density at radius 3 is 2.50 bits per heavy atom. The average molecular weight is 251 g/mol. The van der Waals surface area contributed by atoms with Crippen molar-refractivity contribution in [3.05, 3.63) is 23.3 Å². The number of hydrogen-bond donors (Lipinski definition) is 1. The lowest BCUT2D eigenvalue weighted by Crippen LogP contribution is -2.07. The van der Waals surface area contributed by atoms with Crippen LogP contribution in [-0.4, -0.2) is 19.8 Å². The van der Waals surface area contributed by atoms with Crippen LogP contribution in [0.3, 0.4) is 0 Å². The van der Waals surface area contributed by atoms with E-state index in [0.717, 1.165) is 30.9 Å². The first-order valence-electron chi connectivity index (χ1n) is 6.46. The van der Waals surface area contributed by atoms with Crippen LogP contribution >= 0.6 is 0 Å². The Labute approximate surface area is 108 Å². The summed E-state index contributed by atoms with van der Waals surface area (Å²) in [6.45, 7) is 6.29. The second-order valence-electron chi connectivity index (χ2n) is 4.82. The van der Waals surface area contributed by atoms with Crippen molar-refractivity contribution in [2.75, 3.05) is 19.8 Å². The molecule has 1 heterocycles. The largest absolute Gasteiger partial charge is 0.490 e. The smallest absolute Gasteiger partial charge is 0.161 e. The third kappa shape index (κ3) is 2.94. The van der Waals surface area contributed by atoms with Crippen molar-refractivity contribution < 1.29 is 14.3 Å². The summed E-state index contributed by atoms with van der Waals surface area (Å²) in [5, 5.41) is 0. The average Bonchev–Trinajstić information content (AvgIpc) is 2.59. The van der Waals surface area contributed by atoms with Crippen LogP contribution in [0.4, 0.5) is 0 Å². The van der Waals surface area contributed by atoms with Crippen LogP contribution in [-0.2, 0) is 11.3 Å². The zero-order valence-electron chi connectivity index (χ0n) is 11.1. The first kappa shape index (κ1) is 13.2. The van der Waals surface area contributed by atoms with Gasteiger partial charge in [0.1, 0.15) is 0 Å². The minimum Gasteiger partial charge on any atom is -0.490 e. The molecule has 1 aromatic carbocycles. The van der Waals surface area contributed by atoms with Gasteiger partial charge in [0.25, 0.3) is 0 Å². The lowest BCUT2D eigenvalue weighted by atomic mass is 9.95. The molecule has 0 atom stereocenters. The predicted molar refractivity (Wildman–Crippen MR) is 70.0 cm³/mol. The van der Waals surface area contributed by atoms with Crippen molar-refractivity contribution >= 4 is 0 Å². The molecular weight excluding hydrogens is 230 g/mol. The van der Waals surface area contributed by atoms with Crippen LogP contribution in [0.15, 0.2) is 12.1 Å². The molecule has 4 nitrogen and oxygen atoms in total. The van der Waals surface area contributed by atoms with Crippen LogP contribution in [0.2, 0.25) is 0 Å². The number of ether oxygens (including phenoxy) is 2. The highest BCUT2D eigenvalue weighted by molar-refractivity contribution is 5.49. The first-order chi connectivity index (χ1) is 8.72. The van der Waals surface area contributed by atoms with Crippen LogP contribution in [0, 0.1) is 0 Å². The Morgan fingerprint density at radius 2 is 1.89 bits per heavy atom. The summed E-state index contributed by atoms with van der Waals surface area (Å²) in [4.78, 5) is 4.68. The summed E-state index contributed by atoms with van der Waals surface area (Å²) in [5.74, 6) is 7.24. The summed E-state index contributed by atoms with van der Waals surface area (Å²) in [7, 11) is 0. The molecule has 0 saturated carbocycles. The quantitative estimate of drug-likeness (QED) is 0.835. The highest BCUT2D eigenvalue weighted by Crippen LogP contribution is 2.35. The molecular formula is C14H21NO3. The summed E-state index contributed by atoms with van der Waals surface area (Å²) in [5.41, 5.74) is 2.50. The molecule has 0 aliphatic carbocycles. The maximum Gasteiger partial charge on any atom is 0.161 e. The van der Waals surface area contributed by atoms with Gasteiger partial charge in [-0.15, -0.1) is 0 Å². The van der Waals surface area contributed by atoms with Gasteiger partial charge in [0.2, 0.25) is 0 Å². The molecule has 0 radical (unpaired) electrons. The number of nitrogens with two attached hydrogens (primary N) is 1. The topological polar surface area (TPSA) is 53.7 Å². The van der Waals surface area contributed by atoms with Gasteiger partial charge in [-0.3, -0.25) is 0 Å². The van der Waals surface area contributed by atoms with Crippen LogP contribution in [0.25, 0.3) is 0 Å². The van der Waals surface area contributed by atoms with Crippen LogP contribution in [0.1, 0.15) is 37.3 Å². The van der Waals surface area contributed by atoms with Gasteiger partial charge in [-0.25, -0.2) is 5.90 Å². The van der Waals surface area contributed by atoms with E-state index in [1.807, 2.05) is 0 Å². The second-order valence-corrected chi connectivity index (χ2v) is 4.82. The van der Waals surface area contributed by atoms with Crippen molar-refractivity contribution in [3.8, 4) is 11.5 Å². The monoisotopic (exact) mass is 251 g/mol. The van der Waals surface area contributed by atoms with E-state index in [9.17, 15) is 0 Å². The second kappa shape index (κ2) is 6.07. The van der Waals surface area contributed by atoms with Crippen molar-refractivity contribution in [1.29, 1.82) is 0 Å². The molecule has 0 aromatic heterocycles. The van der Waals surface area contributed by atoms with Crippen LogP contribution < -0.4 is 15.4 Å². The van der Waals surface area contributed by atoms with E-state index in [2.05, 4.69) is 30.8 Å². The van der Waals surface area contributed by atoms with Crippen molar-refractivity contribution in [2.24, 2.45) is 5.90 Å². The lowest BCUT2D eigenvalue weighted by molar-refractivity contribution is 0.141. The van der Waals surface area contributed by atoms with Gasteiger partial charge in [0.05, 0.1) is 19.8 Å². The van der Waals surface area contributed by atoms with E-state index >= 15 is 0 Å². The zero-order valence-corrected chi connectivity index (χ0v) is 11.1. The fourth-order valence-electron chi connectivity index (χ4n) is 2.19. The molecule has 0 bridgehead atoms. The molecule has 1 aliphatic rings.